The first-order valence-electron chi connectivity index (χ1n) is 10.2. The number of hydrogen-bond acceptors (Lipinski definition) is 3. The number of aliphatic imine (C=N–C) groups is 1. The molecule has 0 spiro atoms. The molecule has 0 amide bonds. The van der Waals surface area contributed by atoms with Crippen LogP contribution in [0.15, 0.2) is 35.3 Å². The zero-order valence-corrected chi connectivity index (χ0v) is 19.4. The van der Waals surface area contributed by atoms with Crippen molar-refractivity contribution in [3.8, 4) is 0 Å². The van der Waals surface area contributed by atoms with Gasteiger partial charge in [-0.25, -0.2) is 0 Å². The van der Waals surface area contributed by atoms with E-state index in [0.29, 0.717) is 12.1 Å². The molecular formula is C21H36IN5. The molecule has 2 saturated heterocycles. The Morgan fingerprint density at radius 1 is 1.15 bits per heavy atom. The van der Waals surface area contributed by atoms with E-state index in [2.05, 4.69) is 69.6 Å². The van der Waals surface area contributed by atoms with Crippen molar-refractivity contribution in [2.75, 3.05) is 44.7 Å². The van der Waals surface area contributed by atoms with Crippen molar-refractivity contribution in [2.24, 2.45) is 10.9 Å². The number of rotatable bonds is 5. The Labute approximate surface area is 182 Å². The Morgan fingerprint density at radius 3 is 2.52 bits per heavy atom. The van der Waals surface area contributed by atoms with Gasteiger partial charge in [0.1, 0.15) is 0 Å². The highest BCUT2D eigenvalue weighted by Crippen LogP contribution is 2.20. The van der Waals surface area contributed by atoms with Crippen molar-refractivity contribution >= 4 is 35.6 Å². The fraction of sp³-hybridized carbons (Fsp3) is 0.667. The maximum Gasteiger partial charge on any atom is 0.191 e. The predicted molar refractivity (Wildman–Crippen MR) is 126 cm³/mol. The maximum atomic E-state index is 4.44. The van der Waals surface area contributed by atoms with Gasteiger partial charge in [-0.05, 0) is 57.3 Å². The number of benzene rings is 1. The van der Waals surface area contributed by atoms with Crippen molar-refractivity contribution in [3.05, 3.63) is 30.3 Å². The standard InChI is InChI=1S/C21H35N5.HI/c1-17-9-12-25(13-10-17)18(2)15-23-21(22-3)24-19-11-14-26(16-19)20-7-5-4-6-8-20;/h4-8,17-19H,9-16H2,1-3H3,(H2,22,23,24);1H. The Kier molecular flexibility index (Phi) is 9.15. The van der Waals surface area contributed by atoms with Gasteiger partial charge in [0.25, 0.3) is 0 Å². The van der Waals surface area contributed by atoms with Crippen LogP contribution in [0.4, 0.5) is 5.69 Å². The van der Waals surface area contributed by atoms with Gasteiger partial charge in [0.05, 0.1) is 0 Å². The van der Waals surface area contributed by atoms with E-state index in [1.54, 1.807) is 0 Å². The van der Waals surface area contributed by atoms with Crippen LogP contribution in [0.5, 0.6) is 0 Å². The van der Waals surface area contributed by atoms with Gasteiger partial charge >= 0.3 is 0 Å². The Morgan fingerprint density at radius 2 is 1.85 bits per heavy atom. The van der Waals surface area contributed by atoms with Crippen LogP contribution in [0.25, 0.3) is 0 Å². The SMILES string of the molecule is CN=C(NCC(C)N1CCC(C)CC1)NC1CCN(c2ccccc2)C1.I. The molecule has 3 rings (SSSR count). The van der Waals surface area contributed by atoms with E-state index in [-0.39, 0.29) is 24.0 Å². The molecular weight excluding hydrogens is 449 g/mol. The smallest absolute Gasteiger partial charge is 0.191 e. The Hall–Kier alpha value is -1.02. The summed E-state index contributed by atoms with van der Waals surface area (Å²) in [6, 6.07) is 11.7. The number of hydrogen-bond donors (Lipinski definition) is 2. The summed E-state index contributed by atoms with van der Waals surface area (Å²) in [6.07, 6.45) is 3.80. The molecule has 2 fully saturated rings. The molecule has 0 saturated carbocycles. The van der Waals surface area contributed by atoms with Gasteiger partial charge < -0.3 is 15.5 Å². The molecule has 6 heteroatoms. The second kappa shape index (κ2) is 11.1. The predicted octanol–water partition coefficient (Wildman–Crippen LogP) is 3.17. The molecule has 0 bridgehead atoms. The quantitative estimate of drug-likeness (QED) is 0.382. The van der Waals surface area contributed by atoms with Crippen LogP contribution in [0.2, 0.25) is 0 Å². The highest BCUT2D eigenvalue weighted by atomic mass is 127. The van der Waals surface area contributed by atoms with Crippen LogP contribution >= 0.6 is 24.0 Å². The summed E-state index contributed by atoms with van der Waals surface area (Å²) in [5.74, 6) is 1.82. The van der Waals surface area contributed by atoms with Gasteiger partial charge in [-0.15, -0.1) is 24.0 Å². The van der Waals surface area contributed by atoms with Crippen LogP contribution in [-0.4, -0.2) is 62.7 Å². The largest absolute Gasteiger partial charge is 0.369 e. The summed E-state index contributed by atoms with van der Waals surface area (Å²) in [5.41, 5.74) is 1.31. The van der Waals surface area contributed by atoms with Gasteiger partial charge in [-0.2, -0.15) is 0 Å². The molecule has 0 radical (unpaired) electrons. The monoisotopic (exact) mass is 485 g/mol. The van der Waals surface area contributed by atoms with Gasteiger partial charge in [-0.1, -0.05) is 25.1 Å². The average Bonchev–Trinajstić information content (AvgIpc) is 3.14. The summed E-state index contributed by atoms with van der Waals surface area (Å²) in [4.78, 5) is 9.49. The lowest BCUT2D eigenvalue weighted by atomic mass is 9.98. The number of para-hydroxylation sites is 1. The van der Waals surface area contributed by atoms with E-state index in [0.717, 1.165) is 37.9 Å². The van der Waals surface area contributed by atoms with Crippen molar-refractivity contribution in [1.82, 2.24) is 15.5 Å². The first-order chi connectivity index (χ1) is 12.7. The van der Waals surface area contributed by atoms with Crippen LogP contribution < -0.4 is 15.5 Å². The van der Waals surface area contributed by atoms with Crippen LogP contribution in [-0.2, 0) is 0 Å². The van der Waals surface area contributed by atoms with Crippen molar-refractivity contribution in [3.63, 3.8) is 0 Å². The third-order valence-corrected chi connectivity index (χ3v) is 5.88. The summed E-state index contributed by atoms with van der Waals surface area (Å²) in [7, 11) is 1.87. The van der Waals surface area contributed by atoms with Crippen LogP contribution in [0, 0.1) is 5.92 Å². The zero-order valence-electron chi connectivity index (χ0n) is 17.0. The Bertz CT molecular complexity index is 571. The van der Waals surface area contributed by atoms with Crippen molar-refractivity contribution < 1.29 is 0 Å². The highest BCUT2D eigenvalue weighted by molar-refractivity contribution is 14.0. The third kappa shape index (κ3) is 6.52. The molecule has 2 heterocycles. The number of halogens is 1. The van der Waals surface area contributed by atoms with Crippen LogP contribution in [0.3, 0.4) is 0 Å². The minimum absolute atomic E-state index is 0. The van der Waals surface area contributed by atoms with Gasteiger partial charge in [0.2, 0.25) is 0 Å². The molecule has 0 aliphatic carbocycles. The summed E-state index contributed by atoms with van der Waals surface area (Å²) in [5, 5.41) is 7.15. The molecule has 2 aliphatic rings. The lowest BCUT2D eigenvalue weighted by Gasteiger charge is -2.35. The Balaban J connectivity index is 0.00000261. The fourth-order valence-electron chi connectivity index (χ4n) is 3.98. The van der Waals surface area contributed by atoms with E-state index < -0.39 is 0 Å². The van der Waals surface area contributed by atoms with Gasteiger partial charge in [0.15, 0.2) is 5.96 Å². The molecule has 0 aromatic heterocycles. The third-order valence-electron chi connectivity index (χ3n) is 5.88. The zero-order chi connectivity index (χ0) is 18.4. The molecule has 5 nitrogen and oxygen atoms in total. The van der Waals surface area contributed by atoms with E-state index in [9.17, 15) is 0 Å². The van der Waals surface area contributed by atoms with E-state index in [4.69, 9.17) is 0 Å². The molecule has 2 unspecified atom stereocenters. The lowest BCUT2D eigenvalue weighted by Crippen LogP contribution is -2.50. The highest BCUT2D eigenvalue weighted by Gasteiger charge is 2.24. The van der Waals surface area contributed by atoms with E-state index in [1.807, 2.05) is 7.05 Å². The normalized spacial score (nSPS) is 23.0. The first-order valence-corrected chi connectivity index (χ1v) is 10.2. The van der Waals surface area contributed by atoms with Crippen LogP contribution in [0.1, 0.15) is 33.1 Å². The van der Waals surface area contributed by atoms with Crippen molar-refractivity contribution in [2.45, 2.75) is 45.2 Å². The molecule has 2 aliphatic heterocycles. The van der Waals surface area contributed by atoms with Gasteiger partial charge in [-0.3, -0.25) is 9.89 Å². The molecule has 1 aromatic carbocycles. The number of piperidine rings is 1. The second-order valence-electron chi connectivity index (χ2n) is 7.93. The summed E-state index contributed by atoms with van der Waals surface area (Å²) >= 11 is 0. The van der Waals surface area contributed by atoms with E-state index in [1.165, 1.54) is 31.6 Å². The number of guanidine groups is 1. The second-order valence-corrected chi connectivity index (χ2v) is 7.93. The lowest BCUT2D eigenvalue weighted by molar-refractivity contribution is 0.147. The topological polar surface area (TPSA) is 42.9 Å². The molecule has 2 N–H and O–H groups in total. The number of anilines is 1. The fourth-order valence-corrected chi connectivity index (χ4v) is 3.98. The summed E-state index contributed by atoms with van der Waals surface area (Å²) < 4.78 is 0. The minimum Gasteiger partial charge on any atom is -0.369 e. The summed E-state index contributed by atoms with van der Waals surface area (Å²) in [6.45, 7) is 10.2. The molecule has 27 heavy (non-hydrogen) atoms. The van der Waals surface area contributed by atoms with Crippen molar-refractivity contribution in [1.29, 1.82) is 0 Å². The number of nitrogens with zero attached hydrogens (tertiary/aromatic N) is 3. The average molecular weight is 485 g/mol. The van der Waals surface area contributed by atoms with E-state index >= 15 is 0 Å². The first kappa shape index (κ1) is 22.3. The molecule has 152 valence electrons. The minimum atomic E-state index is 0. The number of nitrogens with one attached hydrogen (secondary N) is 2. The number of likely N-dealkylation sites (tertiary alicyclic amines) is 1. The maximum absolute atomic E-state index is 4.44. The molecule has 1 aromatic rings. The molecule has 2 atom stereocenters. The van der Waals surface area contributed by atoms with Gasteiger partial charge in [0, 0.05) is 44.5 Å².